The van der Waals surface area contributed by atoms with Crippen LogP contribution in [0.15, 0.2) is 0 Å². The highest BCUT2D eigenvalue weighted by Crippen LogP contribution is 2.17. The molecule has 2 atom stereocenters. The first-order valence-corrected chi connectivity index (χ1v) is 7.27. The Kier molecular flexibility index (Phi) is 7.28. The summed E-state index contributed by atoms with van der Waals surface area (Å²) in [5.41, 5.74) is 0. The summed E-state index contributed by atoms with van der Waals surface area (Å²) in [6.45, 7) is 6.75. The fraction of sp³-hybridized carbons (Fsp3) is 0.929. The van der Waals surface area contributed by atoms with Crippen LogP contribution in [0.2, 0.25) is 0 Å². The number of carbonyl (C=O) groups is 1. The van der Waals surface area contributed by atoms with Crippen LogP contribution in [0.25, 0.3) is 0 Å². The van der Waals surface area contributed by atoms with Gasteiger partial charge < -0.3 is 15.0 Å². The minimum absolute atomic E-state index is 0.0231. The summed E-state index contributed by atoms with van der Waals surface area (Å²) in [6.07, 6.45) is 5.25. The van der Waals surface area contributed by atoms with Crippen molar-refractivity contribution in [1.82, 2.24) is 10.2 Å². The highest BCUT2D eigenvalue weighted by atomic mass is 16.5. The van der Waals surface area contributed by atoms with Crippen molar-refractivity contribution in [3.63, 3.8) is 0 Å². The standard InChI is InChI=1S/C14H28N2O2/c1-4-7-12(11-18-3)16-10-6-8-13(14(16)17)15-9-5-2/h12-13,15H,4-11H2,1-3H3. The number of hydrogen-bond donors (Lipinski definition) is 1. The van der Waals surface area contributed by atoms with E-state index in [1.165, 1.54) is 0 Å². The molecule has 1 amide bonds. The topological polar surface area (TPSA) is 41.6 Å². The second kappa shape index (κ2) is 8.48. The smallest absolute Gasteiger partial charge is 0.240 e. The zero-order chi connectivity index (χ0) is 13.4. The number of nitrogens with zero attached hydrogens (tertiary/aromatic N) is 1. The van der Waals surface area contributed by atoms with Gasteiger partial charge in [0.15, 0.2) is 0 Å². The van der Waals surface area contributed by atoms with Gasteiger partial charge in [0.05, 0.1) is 18.7 Å². The first kappa shape index (κ1) is 15.4. The van der Waals surface area contributed by atoms with Gasteiger partial charge in [0.2, 0.25) is 5.91 Å². The van der Waals surface area contributed by atoms with Crippen LogP contribution < -0.4 is 5.32 Å². The van der Waals surface area contributed by atoms with Gasteiger partial charge in [-0.25, -0.2) is 0 Å². The third-order valence-corrected chi connectivity index (χ3v) is 3.54. The third kappa shape index (κ3) is 4.25. The van der Waals surface area contributed by atoms with Crippen molar-refractivity contribution in [2.24, 2.45) is 0 Å². The molecule has 4 nitrogen and oxygen atoms in total. The first-order valence-electron chi connectivity index (χ1n) is 7.27. The van der Waals surface area contributed by atoms with E-state index in [2.05, 4.69) is 19.2 Å². The normalized spacial score (nSPS) is 22.3. The zero-order valence-electron chi connectivity index (χ0n) is 12.1. The summed E-state index contributed by atoms with van der Waals surface area (Å²) >= 11 is 0. The maximum Gasteiger partial charge on any atom is 0.240 e. The molecule has 0 aromatic carbocycles. The number of carbonyl (C=O) groups excluding carboxylic acids is 1. The zero-order valence-corrected chi connectivity index (χ0v) is 12.1. The summed E-state index contributed by atoms with van der Waals surface area (Å²) < 4.78 is 5.26. The lowest BCUT2D eigenvalue weighted by Gasteiger charge is -2.38. The average molecular weight is 256 g/mol. The van der Waals surface area contributed by atoms with Crippen LogP contribution in [-0.2, 0) is 9.53 Å². The molecule has 0 saturated carbocycles. The van der Waals surface area contributed by atoms with Crippen molar-refractivity contribution in [1.29, 1.82) is 0 Å². The Hall–Kier alpha value is -0.610. The molecule has 1 rings (SSSR count). The molecule has 1 aliphatic rings. The molecule has 0 spiro atoms. The van der Waals surface area contributed by atoms with Crippen LogP contribution in [-0.4, -0.2) is 49.7 Å². The van der Waals surface area contributed by atoms with E-state index in [0.29, 0.717) is 6.61 Å². The number of likely N-dealkylation sites (tertiary alicyclic amines) is 1. The molecular weight excluding hydrogens is 228 g/mol. The van der Waals surface area contributed by atoms with Gasteiger partial charge in [0, 0.05) is 13.7 Å². The van der Waals surface area contributed by atoms with Gasteiger partial charge in [-0.1, -0.05) is 20.3 Å². The number of piperidine rings is 1. The molecule has 1 fully saturated rings. The molecule has 1 saturated heterocycles. The Morgan fingerprint density at radius 1 is 1.44 bits per heavy atom. The molecule has 0 aliphatic carbocycles. The van der Waals surface area contributed by atoms with Crippen LogP contribution >= 0.6 is 0 Å². The van der Waals surface area contributed by atoms with Crippen LogP contribution in [0.4, 0.5) is 0 Å². The van der Waals surface area contributed by atoms with Crippen molar-refractivity contribution in [2.75, 3.05) is 26.8 Å². The number of amides is 1. The first-order chi connectivity index (χ1) is 8.74. The van der Waals surface area contributed by atoms with Gasteiger partial charge in [0.25, 0.3) is 0 Å². The minimum atomic E-state index is 0.0231. The van der Waals surface area contributed by atoms with Crippen LogP contribution in [0.1, 0.15) is 46.0 Å². The summed E-state index contributed by atoms with van der Waals surface area (Å²) in [5, 5.41) is 3.36. The summed E-state index contributed by atoms with van der Waals surface area (Å²) in [4.78, 5) is 14.5. The Morgan fingerprint density at radius 2 is 2.22 bits per heavy atom. The Labute approximate surface area is 111 Å². The van der Waals surface area contributed by atoms with Gasteiger partial charge in [-0.05, 0) is 32.2 Å². The van der Waals surface area contributed by atoms with Crippen molar-refractivity contribution in [3.8, 4) is 0 Å². The lowest BCUT2D eigenvalue weighted by Crippen LogP contribution is -2.55. The largest absolute Gasteiger partial charge is 0.383 e. The van der Waals surface area contributed by atoms with E-state index in [-0.39, 0.29) is 18.0 Å². The van der Waals surface area contributed by atoms with E-state index in [9.17, 15) is 4.79 Å². The van der Waals surface area contributed by atoms with Gasteiger partial charge in [-0.3, -0.25) is 4.79 Å². The monoisotopic (exact) mass is 256 g/mol. The number of methoxy groups -OCH3 is 1. The number of hydrogen-bond acceptors (Lipinski definition) is 3. The molecule has 0 radical (unpaired) electrons. The minimum Gasteiger partial charge on any atom is -0.383 e. The van der Waals surface area contributed by atoms with Gasteiger partial charge >= 0.3 is 0 Å². The summed E-state index contributed by atoms with van der Waals surface area (Å²) in [7, 11) is 1.71. The molecule has 2 unspecified atom stereocenters. The van der Waals surface area contributed by atoms with Crippen LogP contribution in [0, 0.1) is 0 Å². The van der Waals surface area contributed by atoms with E-state index >= 15 is 0 Å². The Morgan fingerprint density at radius 3 is 2.83 bits per heavy atom. The van der Waals surface area contributed by atoms with E-state index in [0.717, 1.165) is 45.2 Å². The molecule has 0 aromatic rings. The van der Waals surface area contributed by atoms with Crippen molar-refractivity contribution >= 4 is 5.91 Å². The maximum atomic E-state index is 12.4. The predicted octanol–water partition coefficient (Wildman–Crippen LogP) is 1.79. The predicted molar refractivity (Wildman–Crippen MR) is 73.6 cm³/mol. The fourth-order valence-corrected chi connectivity index (χ4v) is 2.62. The molecule has 4 heteroatoms. The summed E-state index contributed by atoms with van der Waals surface area (Å²) in [5.74, 6) is 0.269. The molecule has 0 aromatic heterocycles. The van der Waals surface area contributed by atoms with Crippen LogP contribution in [0.5, 0.6) is 0 Å². The van der Waals surface area contributed by atoms with Crippen molar-refractivity contribution < 1.29 is 9.53 Å². The second-order valence-electron chi connectivity index (χ2n) is 5.08. The van der Waals surface area contributed by atoms with Crippen molar-refractivity contribution in [2.45, 2.75) is 58.0 Å². The number of ether oxygens (including phenoxy) is 1. The molecule has 18 heavy (non-hydrogen) atoms. The van der Waals surface area contributed by atoms with Gasteiger partial charge in [0.1, 0.15) is 0 Å². The molecule has 1 aliphatic heterocycles. The van der Waals surface area contributed by atoms with Crippen molar-refractivity contribution in [3.05, 3.63) is 0 Å². The lowest BCUT2D eigenvalue weighted by molar-refractivity contribution is -0.140. The highest BCUT2D eigenvalue weighted by Gasteiger charge is 2.32. The molecular formula is C14H28N2O2. The quantitative estimate of drug-likeness (QED) is 0.720. The number of rotatable bonds is 8. The van der Waals surface area contributed by atoms with Crippen LogP contribution in [0.3, 0.4) is 0 Å². The van der Waals surface area contributed by atoms with E-state index in [4.69, 9.17) is 4.74 Å². The molecule has 0 bridgehead atoms. The van der Waals surface area contributed by atoms with Gasteiger partial charge in [-0.2, -0.15) is 0 Å². The van der Waals surface area contributed by atoms with E-state index in [1.54, 1.807) is 7.11 Å². The van der Waals surface area contributed by atoms with E-state index in [1.807, 2.05) is 4.90 Å². The average Bonchev–Trinajstić information content (AvgIpc) is 2.37. The molecule has 1 N–H and O–H groups in total. The Bertz CT molecular complexity index is 240. The Balaban J connectivity index is 2.59. The third-order valence-electron chi connectivity index (χ3n) is 3.54. The lowest BCUT2D eigenvalue weighted by atomic mass is 10.0. The summed E-state index contributed by atoms with van der Waals surface area (Å²) in [6, 6.07) is 0.272. The number of nitrogens with one attached hydrogen (secondary N) is 1. The SMILES string of the molecule is CCCNC1CCCN(C(CCC)COC)C1=O. The maximum absolute atomic E-state index is 12.4. The van der Waals surface area contributed by atoms with E-state index < -0.39 is 0 Å². The van der Waals surface area contributed by atoms with Gasteiger partial charge in [-0.15, -0.1) is 0 Å². The molecule has 1 heterocycles. The molecule has 106 valence electrons. The fourth-order valence-electron chi connectivity index (χ4n) is 2.62. The highest BCUT2D eigenvalue weighted by molar-refractivity contribution is 5.83. The second-order valence-corrected chi connectivity index (χ2v) is 5.08.